The van der Waals surface area contributed by atoms with E-state index in [1.165, 1.54) is 6.07 Å². The van der Waals surface area contributed by atoms with Gasteiger partial charge in [0.1, 0.15) is 11.4 Å². The highest BCUT2D eigenvalue weighted by molar-refractivity contribution is 5.78. The second-order valence-electron chi connectivity index (χ2n) is 8.34. The molecule has 0 aliphatic carbocycles. The van der Waals surface area contributed by atoms with Crippen molar-refractivity contribution < 1.29 is 27.4 Å². The second kappa shape index (κ2) is 7.94. The van der Waals surface area contributed by atoms with Crippen LogP contribution in [0.5, 0.6) is 11.5 Å². The number of hydrogen-bond acceptors (Lipinski definition) is 5. The largest absolute Gasteiger partial charge is 0.483 e. The van der Waals surface area contributed by atoms with Gasteiger partial charge in [-0.2, -0.15) is 13.2 Å². The molecule has 0 bridgehead atoms. The van der Waals surface area contributed by atoms with Crippen LogP contribution in [-0.4, -0.2) is 54.2 Å². The average Bonchev–Trinajstić information content (AvgIpc) is 3.06. The van der Waals surface area contributed by atoms with Crippen LogP contribution in [0.2, 0.25) is 0 Å². The Kier molecular flexibility index (Phi) is 5.45. The predicted molar refractivity (Wildman–Crippen MR) is 108 cm³/mol. The number of pyridine rings is 1. The van der Waals surface area contributed by atoms with Gasteiger partial charge >= 0.3 is 6.18 Å². The Morgan fingerprint density at radius 1 is 1.16 bits per heavy atom. The number of nitrogens with zero attached hydrogens (tertiary/aromatic N) is 3. The highest BCUT2D eigenvalue weighted by atomic mass is 19.4. The first-order valence-corrected chi connectivity index (χ1v) is 10.1. The number of carbonyl (C=O) groups is 1. The summed E-state index contributed by atoms with van der Waals surface area (Å²) in [6, 6.07) is 8.06. The number of aromatic nitrogens is 1. The van der Waals surface area contributed by atoms with Crippen molar-refractivity contribution in [1.29, 1.82) is 0 Å². The number of fused-ring (bicyclic) bond motifs is 1. The van der Waals surface area contributed by atoms with Crippen molar-refractivity contribution >= 4 is 11.7 Å². The van der Waals surface area contributed by atoms with Gasteiger partial charge in [0.25, 0.3) is 5.91 Å². The average molecular weight is 435 g/mol. The molecule has 9 heteroatoms. The molecular weight excluding hydrogens is 411 g/mol. The van der Waals surface area contributed by atoms with Crippen molar-refractivity contribution in [3.05, 3.63) is 47.7 Å². The van der Waals surface area contributed by atoms with Crippen molar-refractivity contribution in [3.63, 3.8) is 0 Å². The first kappa shape index (κ1) is 21.3. The second-order valence-corrected chi connectivity index (χ2v) is 8.34. The monoisotopic (exact) mass is 435 g/mol. The minimum Gasteiger partial charge on any atom is -0.483 e. The number of alkyl halides is 3. The molecule has 0 spiro atoms. The van der Waals surface area contributed by atoms with Crippen molar-refractivity contribution in [3.8, 4) is 11.5 Å². The van der Waals surface area contributed by atoms with Gasteiger partial charge in [0.2, 0.25) is 0 Å². The highest BCUT2D eigenvalue weighted by Crippen LogP contribution is 2.41. The molecule has 0 saturated carbocycles. The molecule has 0 N–H and O–H groups in total. The number of amides is 1. The van der Waals surface area contributed by atoms with Crippen molar-refractivity contribution in [2.75, 3.05) is 37.7 Å². The maximum absolute atomic E-state index is 12.7. The third-order valence-electron chi connectivity index (χ3n) is 5.44. The van der Waals surface area contributed by atoms with E-state index in [0.717, 1.165) is 24.2 Å². The summed E-state index contributed by atoms with van der Waals surface area (Å²) >= 11 is 0. The van der Waals surface area contributed by atoms with E-state index in [4.69, 9.17) is 9.47 Å². The number of anilines is 1. The fraction of sp³-hybridized carbons (Fsp3) is 0.455. The Hall–Kier alpha value is -2.97. The number of rotatable bonds is 4. The lowest BCUT2D eigenvalue weighted by Crippen LogP contribution is -2.50. The summed E-state index contributed by atoms with van der Waals surface area (Å²) in [5.41, 5.74) is -0.0105. The zero-order valence-electron chi connectivity index (χ0n) is 17.4. The first-order valence-electron chi connectivity index (χ1n) is 10.1. The van der Waals surface area contributed by atoms with Crippen LogP contribution in [0.3, 0.4) is 0 Å². The summed E-state index contributed by atoms with van der Waals surface area (Å²) in [5, 5.41) is 0. The molecule has 1 fully saturated rings. The van der Waals surface area contributed by atoms with Gasteiger partial charge in [0, 0.05) is 44.4 Å². The summed E-state index contributed by atoms with van der Waals surface area (Å²) in [4.78, 5) is 20.1. The summed E-state index contributed by atoms with van der Waals surface area (Å²) in [7, 11) is 0. The number of ether oxygens (including phenoxy) is 2. The first-order chi connectivity index (χ1) is 14.6. The summed E-state index contributed by atoms with van der Waals surface area (Å²) < 4.78 is 49.8. The quantitative estimate of drug-likeness (QED) is 0.736. The standard InChI is InChI=1S/C22H24F3N3O3/c1-21(2)12-15-4-3-5-17(20(15)31-21)30-14-19(29)28-10-8-27(9-11-28)18-7-6-16(13-26-18)22(23,24)25/h3-7,13H,8-12,14H2,1-2H3. The lowest BCUT2D eigenvalue weighted by atomic mass is 10.0. The smallest absolute Gasteiger partial charge is 0.417 e. The molecule has 0 radical (unpaired) electrons. The summed E-state index contributed by atoms with van der Waals surface area (Å²) in [6.45, 7) is 5.78. The van der Waals surface area contributed by atoms with Gasteiger partial charge in [0.05, 0.1) is 5.56 Å². The minimum absolute atomic E-state index is 0.0984. The molecule has 2 aliphatic heterocycles. The van der Waals surface area contributed by atoms with Gasteiger partial charge in [-0.05, 0) is 32.0 Å². The molecule has 2 aliphatic rings. The lowest BCUT2D eigenvalue weighted by Gasteiger charge is -2.35. The van der Waals surface area contributed by atoms with Crippen LogP contribution in [0.4, 0.5) is 19.0 Å². The van der Waals surface area contributed by atoms with Gasteiger partial charge in [-0.25, -0.2) is 4.98 Å². The minimum atomic E-state index is -4.41. The molecule has 4 rings (SSSR count). The molecule has 2 aromatic rings. The number of halogens is 3. The molecule has 6 nitrogen and oxygen atoms in total. The fourth-order valence-corrected chi connectivity index (χ4v) is 3.86. The maximum Gasteiger partial charge on any atom is 0.417 e. The van der Waals surface area contributed by atoms with Crippen LogP contribution in [0.15, 0.2) is 36.5 Å². The number of para-hydroxylation sites is 1. The van der Waals surface area contributed by atoms with E-state index in [1.54, 1.807) is 11.0 Å². The zero-order valence-corrected chi connectivity index (χ0v) is 17.4. The number of hydrogen-bond donors (Lipinski definition) is 0. The summed E-state index contributed by atoms with van der Waals surface area (Å²) in [5.74, 6) is 1.58. The Bertz CT molecular complexity index is 953. The van der Waals surface area contributed by atoms with Crippen molar-refractivity contribution in [1.82, 2.24) is 9.88 Å². The summed E-state index contributed by atoms with van der Waals surface area (Å²) in [6.07, 6.45) is -2.79. The van der Waals surface area contributed by atoms with Gasteiger partial charge in [0.15, 0.2) is 18.1 Å². The molecule has 3 heterocycles. The molecule has 1 amide bonds. The van der Waals surface area contributed by atoms with Gasteiger partial charge in [-0.3, -0.25) is 4.79 Å². The molecule has 0 unspecified atom stereocenters. The zero-order chi connectivity index (χ0) is 22.2. The van der Waals surface area contributed by atoms with E-state index in [9.17, 15) is 18.0 Å². The predicted octanol–water partition coefficient (Wildman–Crippen LogP) is 3.54. The molecule has 0 atom stereocenters. The number of benzene rings is 1. The topological polar surface area (TPSA) is 54.9 Å². The van der Waals surface area contributed by atoms with E-state index in [1.807, 2.05) is 30.9 Å². The van der Waals surface area contributed by atoms with Crippen LogP contribution >= 0.6 is 0 Å². The van der Waals surface area contributed by atoms with E-state index in [0.29, 0.717) is 43.5 Å². The van der Waals surface area contributed by atoms with Crippen LogP contribution in [0.25, 0.3) is 0 Å². The molecular formula is C22H24F3N3O3. The third kappa shape index (κ3) is 4.70. The SMILES string of the molecule is CC1(C)Cc2cccc(OCC(=O)N3CCN(c4ccc(C(F)(F)F)cn4)CC3)c2O1. The molecule has 1 aromatic heterocycles. The molecule has 1 saturated heterocycles. The van der Waals surface area contributed by atoms with Crippen LogP contribution < -0.4 is 14.4 Å². The highest BCUT2D eigenvalue weighted by Gasteiger charge is 2.33. The van der Waals surface area contributed by atoms with E-state index < -0.39 is 11.7 Å². The van der Waals surface area contributed by atoms with Crippen LogP contribution in [-0.2, 0) is 17.4 Å². The Morgan fingerprint density at radius 2 is 1.90 bits per heavy atom. The van der Waals surface area contributed by atoms with Gasteiger partial charge in [-0.15, -0.1) is 0 Å². The van der Waals surface area contributed by atoms with Gasteiger partial charge < -0.3 is 19.3 Å². The third-order valence-corrected chi connectivity index (χ3v) is 5.44. The Morgan fingerprint density at radius 3 is 2.55 bits per heavy atom. The van der Waals surface area contributed by atoms with E-state index >= 15 is 0 Å². The van der Waals surface area contributed by atoms with Crippen molar-refractivity contribution in [2.45, 2.75) is 32.0 Å². The number of piperazine rings is 1. The van der Waals surface area contributed by atoms with E-state index in [2.05, 4.69) is 4.98 Å². The van der Waals surface area contributed by atoms with Gasteiger partial charge in [-0.1, -0.05) is 12.1 Å². The Balaban J connectivity index is 1.30. The van der Waals surface area contributed by atoms with Crippen molar-refractivity contribution in [2.24, 2.45) is 0 Å². The normalized spacial score (nSPS) is 17.8. The fourth-order valence-electron chi connectivity index (χ4n) is 3.86. The van der Waals surface area contributed by atoms with Crippen LogP contribution in [0, 0.1) is 0 Å². The maximum atomic E-state index is 12.7. The molecule has 1 aromatic carbocycles. The van der Waals surface area contributed by atoms with Crippen LogP contribution in [0.1, 0.15) is 25.0 Å². The lowest BCUT2D eigenvalue weighted by molar-refractivity contribution is -0.138. The molecule has 166 valence electrons. The number of carbonyl (C=O) groups excluding carboxylic acids is 1. The Labute approximate surface area is 178 Å². The van der Waals surface area contributed by atoms with E-state index in [-0.39, 0.29) is 18.1 Å². The molecule has 31 heavy (non-hydrogen) atoms.